The van der Waals surface area contributed by atoms with E-state index in [4.69, 9.17) is 4.74 Å². The van der Waals surface area contributed by atoms with Gasteiger partial charge in [0.25, 0.3) is 5.91 Å². The predicted molar refractivity (Wildman–Crippen MR) is 114 cm³/mol. The molecule has 0 spiro atoms. The maximum atomic E-state index is 12.6. The number of anilines is 1. The normalized spacial score (nSPS) is 15.2. The molecule has 0 aliphatic carbocycles. The first-order valence-corrected chi connectivity index (χ1v) is 11.5. The van der Waals surface area contributed by atoms with Gasteiger partial charge in [0.15, 0.2) is 0 Å². The Kier molecular flexibility index (Phi) is 7.22. The molecule has 1 aliphatic rings. The van der Waals surface area contributed by atoms with Gasteiger partial charge < -0.3 is 15.0 Å². The smallest absolute Gasteiger partial charge is 0.252 e. The summed E-state index contributed by atoms with van der Waals surface area (Å²) in [5.74, 6) is 0.771. The van der Waals surface area contributed by atoms with Crippen molar-refractivity contribution in [3.8, 4) is 5.88 Å². The highest BCUT2D eigenvalue weighted by molar-refractivity contribution is 7.89. The number of nitrogens with one attached hydrogen (secondary N) is 1. The van der Waals surface area contributed by atoms with E-state index in [0.29, 0.717) is 37.6 Å². The van der Waals surface area contributed by atoms with E-state index in [-0.39, 0.29) is 24.3 Å². The summed E-state index contributed by atoms with van der Waals surface area (Å²) >= 11 is 0. The van der Waals surface area contributed by atoms with Crippen molar-refractivity contribution in [1.82, 2.24) is 19.6 Å². The molecule has 0 bridgehead atoms. The largest absolute Gasteiger partial charge is 0.475 e. The Hall–Kier alpha value is -2.72. The summed E-state index contributed by atoms with van der Waals surface area (Å²) in [7, 11) is -3.45. The molecule has 0 atom stereocenters. The Morgan fingerprint density at radius 1 is 1.13 bits per heavy atom. The molecule has 2 aromatic rings. The highest BCUT2D eigenvalue weighted by atomic mass is 32.2. The summed E-state index contributed by atoms with van der Waals surface area (Å²) < 4.78 is 32.1. The Bertz CT molecular complexity index is 927. The lowest BCUT2D eigenvalue weighted by molar-refractivity contribution is 0.0955. The molecule has 1 N–H and O–H groups in total. The summed E-state index contributed by atoms with van der Waals surface area (Å²) in [6.07, 6.45) is 3.13. The van der Waals surface area contributed by atoms with Crippen LogP contribution in [0.3, 0.4) is 0 Å². The summed E-state index contributed by atoms with van der Waals surface area (Å²) in [5.41, 5.74) is 0.354. The van der Waals surface area contributed by atoms with Crippen molar-refractivity contribution < 1.29 is 17.9 Å². The second kappa shape index (κ2) is 9.86. The van der Waals surface area contributed by atoms with E-state index in [1.807, 2.05) is 32.0 Å². The standard InChI is InChI=1S/C20H27N5O4S/c1-16(2)29-19-7-6-17(15-23-19)20(26)22-9-14-30(27,28)25-12-10-24(11-13-25)18-5-3-4-8-21-18/h3-8,15-16H,9-14H2,1-2H3,(H,22,26). The van der Waals surface area contributed by atoms with Crippen molar-refractivity contribution in [3.05, 3.63) is 48.3 Å². The number of hydrogen-bond donors (Lipinski definition) is 1. The number of piperazine rings is 1. The molecule has 10 heteroatoms. The van der Waals surface area contributed by atoms with Crippen LogP contribution in [0.5, 0.6) is 5.88 Å². The molecule has 0 radical (unpaired) electrons. The van der Waals surface area contributed by atoms with E-state index >= 15 is 0 Å². The zero-order chi connectivity index (χ0) is 21.6. The van der Waals surface area contributed by atoms with Gasteiger partial charge >= 0.3 is 0 Å². The lowest BCUT2D eigenvalue weighted by Crippen LogP contribution is -2.50. The second-order valence-electron chi connectivity index (χ2n) is 7.20. The van der Waals surface area contributed by atoms with Crippen molar-refractivity contribution >= 4 is 21.7 Å². The third kappa shape index (κ3) is 5.90. The molecule has 2 aromatic heterocycles. The van der Waals surface area contributed by atoms with Crippen LogP contribution in [-0.4, -0.2) is 73.2 Å². The Labute approximate surface area is 177 Å². The fourth-order valence-electron chi connectivity index (χ4n) is 3.09. The SMILES string of the molecule is CC(C)Oc1ccc(C(=O)NCCS(=O)(=O)N2CCN(c3ccccn3)CC2)cn1. The topological polar surface area (TPSA) is 105 Å². The lowest BCUT2D eigenvalue weighted by atomic mass is 10.2. The number of aromatic nitrogens is 2. The van der Waals surface area contributed by atoms with Crippen LogP contribution in [0.1, 0.15) is 24.2 Å². The highest BCUT2D eigenvalue weighted by Crippen LogP contribution is 2.15. The number of sulfonamides is 1. The molecule has 0 unspecified atom stereocenters. The number of ether oxygens (including phenoxy) is 1. The number of pyridine rings is 2. The minimum atomic E-state index is -3.45. The first kappa shape index (κ1) is 22.0. The van der Waals surface area contributed by atoms with Gasteiger partial charge in [-0.15, -0.1) is 0 Å². The zero-order valence-electron chi connectivity index (χ0n) is 17.2. The Morgan fingerprint density at radius 2 is 1.90 bits per heavy atom. The van der Waals surface area contributed by atoms with Gasteiger partial charge in [-0.1, -0.05) is 6.07 Å². The molecule has 30 heavy (non-hydrogen) atoms. The number of rotatable bonds is 8. The van der Waals surface area contributed by atoms with Gasteiger partial charge in [0.2, 0.25) is 15.9 Å². The third-order valence-electron chi connectivity index (χ3n) is 4.61. The maximum absolute atomic E-state index is 12.6. The van der Waals surface area contributed by atoms with Crippen LogP contribution in [0.15, 0.2) is 42.7 Å². The summed E-state index contributed by atoms with van der Waals surface area (Å²) in [6, 6.07) is 8.89. The van der Waals surface area contributed by atoms with Crippen molar-refractivity contribution in [2.24, 2.45) is 0 Å². The predicted octanol–water partition coefficient (Wildman–Crippen LogP) is 1.15. The Balaban J connectivity index is 1.45. The van der Waals surface area contributed by atoms with Gasteiger partial charge in [-0.2, -0.15) is 4.31 Å². The van der Waals surface area contributed by atoms with Gasteiger partial charge in [-0.3, -0.25) is 4.79 Å². The van der Waals surface area contributed by atoms with Crippen molar-refractivity contribution in [2.75, 3.05) is 43.4 Å². The van der Waals surface area contributed by atoms with Crippen molar-refractivity contribution in [1.29, 1.82) is 0 Å². The number of carbonyl (C=O) groups excluding carboxylic acids is 1. The van der Waals surface area contributed by atoms with E-state index in [2.05, 4.69) is 20.2 Å². The van der Waals surface area contributed by atoms with E-state index in [0.717, 1.165) is 5.82 Å². The highest BCUT2D eigenvalue weighted by Gasteiger charge is 2.27. The summed E-state index contributed by atoms with van der Waals surface area (Å²) in [5, 5.41) is 2.64. The van der Waals surface area contributed by atoms with E-state index in [1.165, 1.54) is 10.5 Å². The molecular formula is C20H27N5O4S. The first-order valence-electron chi connectivity index (χ1n) is 9.90. The van der Waals surface area contributed by atoms with E-state index in [9.17, 15) is 13.2 Å². The molecule has 3 rings (SSSR count). The average Bonchev–Trinajstić information content (AvgIpc) is 2.74. The first-order chi connectivity index (χ1) is 14.3. The molecule has 0 aromatic carbocycles. The quantitative estimate of drug-likeness (QED) is 0.666. The maximum Gasteiger partial charge on any atom is 0.252 e. The molecule has 1 aliphatic heterocycles. The van der Waals surface area contributed by atoms with Crippen LogP contribution in [0.2, 0.25) is 0 Å². The van der Waals surface area contributed by atoms with Gasteiger partial charge in [-0.05, 0) is 32.0 Å². The molecule has 9 nitrogen and oxygen atoms in total. The molecular weight excluding hydrogens is 406 g/mol. The number of amides is 1. The van der Waals surface area contributed by atoms with Crippen LogP contribution < -0.4 is 15.0 Å². The molecule has 0 saturated carbocycles. The minimum absolute atomic E-state index is 0.00629. The molecule has 162 valence electrons. The Morgan fingerprint density at radius 3 is 2.50 bits per heavy atom. The second-order valence-corrected chi connectivity index (χ2v) is 9.29. The fraction of sp³-hybridized carbons (Fsp3) is 0.450. The van der Waals surface area contributed by atoms with Crippen LogP contribution in [0.4, 0.5) is 5.82 Å². The van der Waals surface area contributed by atoms with Crippen LogP contribution >= 0.6 is 0 Å². The summed E-state index contributed by atoms with van der Waals surface area (Å²) in [4.78, 5) is 22.7. The van der Waals surface area contributed by atoms with Gasteiger partial charge in [0.05, 0.1) is 17.4 Å². The lowest BCUT2D eigenvalue weighted by Gasteiger charge is -2.34. The van der Waals surface area contributed by atoms with Crippen LogP contribution in [-0.2, 0) is 10.0 Å². The zero-order valence-corrected chi connectivity index (χ0v) is 18.0. The molecule has 1 fully saturated rings. The number of hydrogen-bond acceptors (Lipinski definition) is 7. The van der Waals surface area contributed by atoms with Crippen LogP contribution in [0, 0.1) is 0 Å². The third-order valence-corrected chi connectivity index (χ3v) is 6.48. The summed E-state index contributed by atoms with van der Waals surface area (Å²) in [6.45, 7) is 5.77. The van der Waals surface area contributed by atoms with Gasteiger partial charge in [-0.25, -0.2) is 18.4 Å². The van der Waals surface area contributed by atoms with Gasteiger partial charge in [0, 0.05) is 51.2 Å². The van der Waals surface area contributed by atoms with Crippen LogP contribution in [0.25, 0.3) is 0 Å². The molecule has 3 heterocycles. The fourth-order valence-corrected chi connectivity index (χ4v) is 4.42. The van der Waals surface area contributed by atoms with Gasteiger partial charge in [0.1, 0.15) is 5.82 Å². The molecule has 1 saturated heterocycles. The monoisotopic (exact) mass is 433 g/mol. The number of nitrogens with zero attached hydrogens (tertiary/aromatic N) is 4. The van der Waals surface area contributed by atoms with Crippen molar-refractivity contribution in [2.45, 2.75) is 20.0 Å². The minimum Gasteiger partial charge on any atom is -0.475 e. The van der Waals surface area contributed by atoms with E-state index in [1.54, 1.807) is 18.3 Å². The van der Waals surface area contributed by atoms with Crippen molar-refractivity contribution in [3.63, 3.8) is 0 Å². The van der Waals surface area contributed by atoms with E-state index < -0.39 is 10.0 Å². The molecule has 1 amide bonds. The number of carbonyl (C=O) groups is 1. The average molecular weight is 434 g/mol.